The number of carbonyl (C=O) groups is 3. The number of nitrogens with zero attached hydrogens (tertiary/aromatic N) is 2. The number of anilines is 1. The molecule has 2 aliphatic rings. The van der Waals surface area contributed by atoms with Gasteiger partial charge in [0.15, 0.2) is 0 Å². The van der Waals surface area contributed by atoms with Gasteiger partial charge in [-0.15, -0.1) is 0 Å². The van der Waals surface area contributed by atoms with Gasteiger partial charge < -0.3 is 9.64 Å². The number of rotatable bonds is 4. The molecule has 0 atom stereocenters. The first-order chi connectivity index (χ1) is 14.6. The molecule has 0 unspecified atom stereocenters. The SMILES string of the molecule is O=C1c2cccc3cccc(c23)C(=O)N1CCCC(=O)N1CCOc2ccccc21. The zero-order valence-electron chi connectivity index (χ0n) is 16.3. The van der Waals surface area contributed by atoms with Crippen LogP contribution in [0.1, 0.15) is 33.6 Å². The summed E-state index contributed by atoms with van der Waals surface area (Å²) in [4.78, 5) is 41.7. The van der Waals surface area contributed by atoms with Gasteiger partial charge in [-0.3, -0.25) is 19.3 Å². The van der Waals surface area contributed by atoms with Crippen molar-refractivity contribution in [3.05, 3.63) is 71.8 Å². The number of carbonyl (C=O) groups excluding carboxylic acids is 3. The molecule has 2 aliphatic heterocycles. The molecule has 0 fully saturated rings. The maximum atomic E-state index is 12.9. The quantitative estimate of drug-likeness (QED) is 0.627. The van der Waals surface area contributed by atoms with Crippen LogP contribution in [0.4, 0.5) is 5.69 Å². The minimum Gasteiger partial charge on any atom is -0.490 e. The van der Waals surface area contributed by atoms with Crippen LogP contribution in [0, 0.1) is 0 Å². The van der Waals surface area contributed by atoms with E-state index in [1.165, 1.54) is 4.90 Å². The van der Waals surface area contributed by atoms with E-state index in [1.807, 2.05) is 48.5 Å². The van der Waals surface area contributed by atoms with Crippen LogP contribution in [0.2, 0.25) is 0 Å². The average molecular weight is 400 g/mol. The van der Waals surface area contributed by atoms with E-state index in [2.05, 4.69) is 0 Å². The first-order valence-electron chi connectivity index (χ1n) is 10.1. The largest absolute Gasteiger partial charge is 0.490 e. The van der Waals surface area contributed by atoms with Crippen LogP contribution in [0.5, 0.6) is 5.75 Å². The Balaban J connectivity index is 1.30. The van der Waals surface area contributed by atoms with Crippen LogP contribution in [0.25, 0.3) is 10.8 Å². The Labute approximate surface area is 173 Å². The van der Waals surface area contributed by atoms with Crippen LogP contribution in [-0.2, 0) is 4.79 Å². The van der Waals surface area contributed by atoms with Gasteiger partial charge in [0, 0.05) is 29.5 Å². The lowest BCUT2D eigenvalue weighted by atomic mass is 9.94. The lowest BCUT2D eigenvalue weighted by molar-refractivity contribution is -0.119. The molecule has 3 amide bonds. The number of amides is 3. The van der Waals surface area contributed by atoms with Crippen molar-refractivity contribution in [3.63, 3.8) is 0 Å². The molecule has 30 heavy (non-hydrogen) atoms. The van der Waals surface area contributed by atoms with E-state index in [0.29, 0.717) is 41.8 Å². The predicted molar refractivity (Wildman–Crippen MR) is 113 cm³/mol. The molecule has 6 heteroatoms. The highest BCUT2D eigenvalue weighted by atomic mass is 16.5. The number of imide groups is 1. The summed E-state index contributed by atoms with van der Waals surface area (Å²) in [6, 6.07) is 18.4. The van der Waals surface area contributed by atoms with Crippen molar-refractivity contribution in [2.45, 2.75) is 12.8 Å². The van der Waals surface area contributed by atoms with Gasteiger partial charge >= 0.3 is 0 Å². The third kappa shape index (κ3) is 2.92. The summed E-state index contributed by atoms with van der Waals surface area (Å²) in [7, 11) is 0. The Morgan fingerprint density at radius 2 is 1.60 bits per heavy atom. The van der Waals surface area contributed by atoms with Gasteiger partial charge in [-0.05, 0) is 36.1 Å². The molecule has 0 aliphatic carbocycles. The van der Waals surface area contributed by atoms with Crippen LogP contribution in [-0.4, -0.2) is 42.3 Å². The first kappa shape index (κ1) is 18.4. The smallest absolute Gasteiger partial charge is 0.261 e. The lowest BCUT2D eigenvalue weighted by Gasteiger charge is -2.30. The molecule has 0 N–H and O–H groups in total. The standard InChI is InChI=1S/C24H20N2O4/c27-21(25-14-15-30-20-11-2-1-10-19(20)25)12-5-13-26-23(28)17-8-3-6-16-7-4-9-18(22(16)17)24(26)29/h1-4,6-11H,5,12-15H2. The van der Waals surface area contributed by atoms with Gasteiger partial charge in [0.25, 0.3) is 11.8 Å². The molecule has 3 aromatic carbocycles. The molecular weight excluding hydrogens is 380 g/mol. The third-order valence-electron chi connectivity index (χ3n) is 5.66. The molecule has 5 rings (SSSR count). The number of fused-ring (bicyclic) bond motifs is 1. The fourth-order valence-electron chi connectivity index (χ4n) is 4.24. The number of ether oxygens (including phenoxy) is 1. The van der Waals surface area contributed by atoms with Crippen LogP contribution in [0.3, 0.4) is 0 Å². The summed E-state index contributed by atoms with van der Waals surface area (Å²) in [6.45, 7) is 1.15. The van der Waals surface area contributed by atoms with Gasteiger partial charge in [-0.25, -0.2) is 0 Å². The van der Waals surface area contributed by atoms with Gasteiger partial charge in [0.05, 0.1) is 12.2 Å². The van der Waals surface area contributed by atoms with Crippen molar-refractivity contribution < 1.29 is 19.1 Å². The average Bonchev–Trinajstić information content (AvgIpc) is 2.79. The monoisotopic (exact) mass is 400 g/mol. The summed E-state index contributed by atoms with van der Waals surface area (Å²) in [5.74, 6) is 0.0651. The second kappa shape index (κ2) is 7.30. The van der Waals surface area contributed by atoms with Gasteiger partial charge in [0.1, 0.15) is 12.4 Å². The Bertz CT molecular complexity index is 1140. The zero-order valence-corrected chi connectivity index (χ0v) is 16.3. The summed E-state index contributed by atoms with van der Waals surface area (Å²) < 4.78 is 5.60. The molecule has 0 bridgehead atoms. The molecule has 2 heterocycles. The second-order valence-electron chi connectivity index (χ2n) is 7.44. The van der Waals surface area contributed by atoms with E-state index in [4.69, 9.17) is 4.74 Å². The molecule has 0 saturated carbocycles. The number of hydrogen-bond acceptors (Lipinski definition) is 4. The first-order valence-corrected chi connectivity index (χ1v) is 10.1. The maximum absolute atomic E-state index is 12.9. The number of hydrogen-bond donors (Lipinski definition) is 0. The van der Waals surface area contributed by atoms with E-state index in [-0.39, 0.29) is 30.7 Å². The van der Waals surface area contributed by atoms with Crippen molar-refractivity contribution in [1.82, 2.24) is 4.90 Å². The fraction of sp³-hybridized carbons (Fsp3) is 0.208. The van der Waals surface area contributed by atoms with Crippen molar-refractivity contribution >= 4 is 34.2 Å². The Morgan fingerprint density at radius 1 is 0.900 bits per heavy atom. The number of benzene rings is 3. The van der Waals surface area contributed by atoms with Gasteiger partial charge in [-0.1, -0.05) is 36.4 Å². The second-order valence-corrected chi connectivity index (χ2v) is 7.44. The normalized spacial score (nSPS) is 15.2. The summed E-state index contributed by atoms with van der Waals surface area (Å²) in [5, 5.41) is 1.60. The lowest BCUT2D eigenvalue weighted by Crippen LogP contribution is -2.42. The Hall–Kier alpha value is -3.67. The topological polar surface area (TPSA) is 66.9 Å². The zero-order chi connectivity index (χ0) is 20.7. The summed E-state index contributed by atoms with van der Waals surface area (Å²) in [6.07, 6.45) is 0.658. The molecule has 6 nitrogen and oxygen atoms in total. The van der Waals surface area contributed by atoms with Gasteiger partial charge in [-0.2, -0.15) is 0 Å². The van der Waals surface area contributed by atoms with E-state index >= 15 is 0 Å². The third-order valence-corrected chi connectivity index (χ3v) is 5.66. The number of para-hydroxylation sites is 2. The van der Waals surface area contributed by atoms with Crippen LogP contribution in [0.15, 0.2) is 60.7 Å². The van der Waals surface area contributed by atoms with E-state index in [0.717, 1.165) is 11.1 Å². The van der Waals surface area contributed by atoms with Crippen LogP contribution < -0.4 is 9.64 Å². The maximum Gasteiger partial charge on any atom is 0.261 e. The molecule has 150 valence electrons. The fourth-order valence-corrected chi connectivity index (χ4v) is 4.24. The summed E-state index contributed by atoms with van der Waals surface area (Å²) in [5.41, 5.74) is 1.84. The van der Waals surface area contributed by atoms with Gasteiger partial charge in [0.2, 0.25) is 5.91 Å². The van der Waals surface area contributed by atoms with Crippen LogP contribution >= 0.6 is 0 Å². The van der Waals surface area contributed by atoms with Crippen molar-refractivity contribution in [3.8, 4) is 5.75 Å². The highest BCUT2D eigenvalue weighted by molar-refractivity contribution is 6.25. The molecule has 0 spiro atoms. The van der Waals surface area contributed by atoms with E-state index < -0.39 is 0 Å². The highest BCUT2D eigenvalue weighted by Gasteiger charge is 2.32. The molecule has 0 aromatic heterocycles. The molecular formula is C24H20N2O4. The highest BCUT2D eigenvalue weighted by Crippen LogP contribution is 2.32. The molecule has 0 radical (unpaired) electrons. The molecule has 0 saturated heterocycles. The minimum atomic E-state index is -0.298. The molecule has 3 aromatic rings. The van der Waals surface area contributed by atoms with E-state index in [9.17, 15) is 14.4 Å². The van der Waals surface area contributed by atoms with Crippen molar-refractivity contribution in [2.24, 2.45) is 0 Å². The predicted octanol–water partition coefficient (Wildman–Crippen LogP) is 3.64. The van der Waals surface area contributed by atoms with E-state index in [1.54, 1.807) is 17.0 Å². The minimum absolute atomic E-state index is 0.0369. The Morgan fingerprint density at radius 3 is 2.33 bits per heavy atom. The Kier molecular flexibility index (Phi) is 4.47. The van der Waals surface area contributed by atoms with Crippen molar-refractivity contribution in [2.75, 3.05) is 24.6 Å². The summed E-state index contributed by atoms with van der Waals surface area (Å²) >= 11 is 0. The van der Waals surface area contributed by atoms with Crippen molar-refractivity contribution in [1.29, 1.82) is 0 Å².